The van der Waals surface area contributed by atoms with Crippen molar-refractivity contribution in [2.75, 3.05) is 6.54 Å². The van der Waals surface area contributed by atoms with Crippen LogP contribution in [-0.2, 0) is 0 Å². The Morgan fingerprint density at radius 1 is 1.47 bits per heavy atom. The minimum atomic E-state index is -0.317. The number of carbonyl (C=O) groups is 1. The first-order chi connectivity index (χ1) is 7.16. The van der Waals surface area contributed by atoms with E-state index in [2.05, 4.69) is 12.2 Å². The van der Waals surface area contributed by atoms with Crippen molar-refractivity contribution in [2.24, 2.45) is 11.8 Å². The van der Waals surface area contributed by atoms with E-state index in [4.69, 9.17) is 0 Å². The first-order valence-electron chi connectivity index (χ1n) is 5.20. The van der Waals surface area contributed by atoms with E-state index in [1.165, 1.54) is 30.7 Å². The van der Waals surface area contributed by atoms with E-state index in [1.54, 1.807) is 0 Å². The lowest BCUT2D eigenvalue weighted by Gasteiger charge is -2.03. The zero-order valence-corrected chi connectivity index (χ0v) is 8.66. The first kappa shape index (κ1) is 10.1. The molecule has 1 fully saturated rings. The molecule has 0 heterocycles. The van der Waals surface area contributed by atoms with Gasteiger partial charge in [-0.3, -0.25) is 4.79 Å². The van der Waals surface area contributed by atoms with Crippen LogP contribution < -0.4 is 5.32 Å². The lowest BCUT2D eigenvalue weighted by Crippen LogP contribution is -2.25. The fourth-order valence-electron chi connectivity index (χ4n) is 1.61. The first-order valence-corrected chi connectivity index (χ1v) is 5.20. The third-order valence-corrected chi connectivity index (χ3v) is 2.91. The molecule has 1 aliphatic carbocycles. The molecule has 0 saturated heterocycles. The summed E-state index contributed by atoms with van der Waals surface area (Å²) >= 11 is 0. The molecule has 0 bridgehead atoms. The van der Waals surface area contributed by atoms with Crippen molar-refractivity contribution in [1.29, 1.82) is 0 Å². The third kappa shape index (κ3) is 2.55. The van der Waals surface area contributed by atoms with E-state index in [1.807, 2.05) is 0 Å². The van der Waals surface area contributed by atoms with Gasteiger partial charge in [-0.25, -0.2) is 4.39 Å². The van der Waals surface area contributed by atoms with Gasteiger partial charge in [-0.2, -0.15) is 0 Å². The summed E-state index contributed by atoms with van der Waals surface area (Å²) in [4.78, 5) is 11.6. The van der Waals surface area contributed by atoms with Gasteiger partial charge in [0.1, 0.15) is 5.82 Å². The van der Waals surface area contributed by atoms with Gasteiger partial charge in [0.05, 0.1) is 0 Å². The predicted molar refractivity (Wildman–Crippen MR) is 56.0 cm³/mol. The van der Waals surface area contributed by atoms with Crippen molar-refractivity contribution < 1.29 is 9.18 Å². The highest BCUT2D eigenvalue weighted by Gasteiger charge is 2.32. The number of hydrogen-bond acceptors (Lipinski definition) is 1. The molecule has 2 atom stereocenters. The molecule has 1 aliphatic rings. The fraction of sp³-hybridized carbons (Fsp3) is 0.417. The second kappa shape index (κ2) is 4.01. The van der Waals surface area contributed by atoms with E-state index in [0.29, 0.717) is 11.5 Å². The number of amides is 1. The van der Waals surface area contributed by atoms with Crippen molar-refractivity contribution in [1.82, 2.24) is 5.32 Å². The molecule has 0 radical (unpaired) electrons. The summed E-state index contributed by atoms with van der Waals surface area (Å²) in [5.74, 6) is 0.935. The molecule has 1 saturated carbocycles. The maximum absolute atomic E-state index is 12.6. The number of nitrogens with one attached hydrogen (secondary N) is 1. The molecule has 2 rings (SSSR count). The van der Waals surface area contributed by atoms with Gasteiger partial charge in [0.25, 0.3) is 5.91 Å². The number of benzene rings is 1. The summed E-state index contributed by atoms with van der Waals surface area (Å²) in [7, 11) is 0. The largest absolute Gasteiger partial charge is 0.352 e. The Hall–Kier alpha value is -1.38. The molecule has 15 heavy (non-hydrogen) atoms. The maximum Gasteiger partial charge on any atom is 0.251 e. The van der Waals surface area contributed by atoms with Crippen LogP contribution in [0.15, 0.2) is 24.3 Å². The van der Waals surface area contributed by atoms with E-state index in [-0.39, 0.29) is 11.7 Å². The number of halogens is 1. The molecule has 1 aromatic rings. The summed E-state index contributed by atoms with van der Waals surface area (Å²) in [6, 6.07) is 5.60. The van der Waals surface area contributed by atoms with Gasteiger partial charge in [0.2, 0.25) is 0 Å². The second-order valence-corrected chi connectivity index (χ2v) is 4.19. The lowest BCUT2D eigenvalue weighted by atomic mass is 10.2. The topological polar surface area (TPSA) is 29.1 Å². The van der Waals surface area contributed by atoms with Gasteiger partial charge < -0.3 is 5.32 Å². The van der Waals surface area contributed by atoms with Gasteiger partial charge in [0, 0.05) is 12.1 Å². The highest BCUT2D eigenvalue weighted by Crippen LogP contribution is 2.36. The Kier molecular flexibility index (Phi) is 2.71. The van der Waals surface area contributed by atoms with Crippen molar-refractivity contribution in [3.05, 3.63) is 35.6 Å². The van der Waals surface area contributed by atoms with Crippen LogP contribution in [0.4, 0.5) is 4.39 Å². The van der Waals surface area contributed by atoms with Crippen LogP contribution >= 0.6 is 0 Å². The SMILES string of the molecule is CC1CC1CNC(=O)c1ccc(F)cc1. The number of carbonyl (C=O) groups excluding carboxylic acids is 1. The lowest BCUT2D eigenvalue weighted by molar-refractivity contribution is 0.0951. The van der Waals surface area contributed by atoms with E-state index in [0.717, 1.165) is 12.5 Å². The van der Waals surface area contributed by atoms with Gasteiger partial charge in [0.15, 0.2) is 0 Å². The average Bonchev–Trinajstić information content (AvgIpc) is 2.92. The summed E-state index contributed by atoms with van der Waals surface area (Å²) in [6.45, 7) is 2.91. The zero-order valence-electron chi connectivity index (χ0n) is 8.66. The van der Waals surface area contributed by atoms with Crippen molar-refractivity contribution >= 4 is 5.91 Å². The molecule has 1 N–H and O–H groups in total. The highest BCUT2D eigenvalue weighted by atomic mass is 19.1. The molecule has 0 aromatic heterocycles. The van der Waals surface area contributed by atoms with Crippen molar-refractivity contribution in [2.45, 2.75) is 13.3 Å². The van der Waals surface area contributed by atoms with Gasteiger partial charge in [-0.05, 0) is 42.5 Å². The average molecular weight is 207 g/mol. The summed E-state index contributed by atoms with van der Waals surface area (Å²) in [5, 5.41) is 2.85. The summed E-state index contributed by atoms with van der Waals surface area (Å²) in [6.07, 6.45) is 1.20. The van der Waals surface area contributed by atoms with Crippen LogP contribution in [-0.4, -0.2) is 12.5 Å². The van der Waals surface area contributed by atoms with Crippen molar-refractivity contribution in [3.63, 3.8) is 0 Å². The Balaban J connectivity index is 1.87. The molecule has 1 aromatic carbocycles. The quantitative estimate of drug-likeness (QED) is 0.809. The van der Waals surface area contributed by atoms with E-state index in [9.17, 15) is 9.18 Å². The molecule has 0 spiro atoms. The zero-order chi connectivity index (χ0) is 10.8. The number of hydrogen-bond donors (Lipinski definition) is 1. The Bertz CT molecular complexity index is 360. The standard InChI is InChI=1S/C12H14FNO/c1-8-6-10(8)7-14-12(15)9-2-4-11(13)5-3-9/h2-5,8,10H,6-7H2,1H3,(H,14,15). The molecule has 1 amide bonds. The van der Waals surface area contributed by atoms with Crippen LogP contribution in [0.2, 0.25) is 0 Å². The normalized spacial score (nSPS) is 23.6. The Morgan fingerprint density at radius 2 is 2.07 bits per heavy atom. The molecule has 3 heteroatoms. The van der Waals surface area contributed by atoms with E-state index < -0.39 is 0 Å². The van der Waals surface area contributed by atoms with Crippen LogP contribution in [0.25, 0.3) is 0 Å². The molecule has 2 unspecified atom stereocenters. The van der Waals surface area contributed by atoms with E-state index >= 15 is 0 Å². The van der Waals surface area contributed by atoms with Crippen LogP contribution in [0.3, 0.4) is 0 Å². The van der Waals surface area contributed by atoms with Crippen LogP contribution in [0, 0.1) is 17.7 Å². The third-order valence-electron chi connectivity index (χ3n) is 2.91. The van der Waals surface area contributed by atoms with Gasteiger partial charge in [-0.15, -0.1) is 0 Å². The monoisotopic (exact) mass is 207 g/mol. The van der Waals surface area contributed by atoms with Crippen LogP contribution in [0.5, 0.6) is 0 Å². The highest BCUT2D eigenvalue weighted by molar-refractivity contribution is 5.94. The minimum Gasteiger partial charge on any atom is -0.352 e. The molecule has 0 aliphatic heterocycles. The Labute approximate surface area is 88.5 Å². The molecular weight excluding hydrogens is 193 g/mol. The number of rotatable bonds is 3. The Morgan fingerprint density at radius 3 is 2.60 bits per heavy atom. The smallest absolute Gasteiger partial charge is 0.251 e. The summed E-state index contributed by atoms with van der Waals surface area (Å²) < 4.78 is 12.6. The maximum atomic E-state index is 12.6. The minimum absolute atomic E-state index is 0.117. The second-order valence-electron chi connectivity index (χ2n) is 4.19. The van der Waals surface area contributed by atoms with Crippen LogP contribution in [0.1, 0.15) is 23.7 Å². The predicted octanol–water partition coefficient (Wildman–Crippen LogP) is 2.21. The summed E-state index contributed by atoms with van der Waals surface area (Å²) in [5.41, 5.74) is 0.518. The van der Waals surface area contributed by atoms with Gasteiger partial charge in [-0.1, -0.05) is 6.92 Å². The van der Waals surface area contributed by atoms with Gasteiger partial charge >= 0.3 is 0 Å². The molecular formula is C12H14FNO. The fourth-order valence-corrected chi connectivity index (χ4v) is 1.61. The molecule has 80 valence electrons. The van der Waals surface area contributed by atoms with Crippen molar-refractivity contribution in [3.8, 4) is 0 Å². The molecule has 2 nitrogen and oxygen atoms in total.